The summed E-state index contributed by atoms with van der Waals surface area (Å²) in [6.07, 6.45) is 0.230. The van der Waals surface area contributed by atoms with Gasteiger partial charge < -0.3 is 10.1 Å². The molecule has 31 heavy (non-hydrogen) atoms. The molecule has 0 bridgehead atoms. The largest absolute Gasteiger partial charge is 0.497 e. The maximum atomic E-state index is 13.1. The normalized spacial score (nSPS) is 13.2. The quantitative estimate of drug-likeness (QED) is 0.536. The van der Waals surface area contributed by atoms with Gasteiger partial charge in [0.05, 0.1) is 18.0 Å². The number of nitrogens with one attached hydrogen (secondary N) is 2. The van der Waals surface area contributed by atoms with Gasteiger partial charge in [0.1, 0.15) is 11.8 Å². The highest BCUT2D eigenvalue weighted by molar-refractivity contribution is 7.89. The van der Waals surface area contributed by atoms with Crippen molar-refractivity contribution < 1.29 is 17.9 Å². The Morgan fingerprint density at radius 1 is 0.903 bits per heavy atom. The highest BCUT2D eigenvalue weighted by Crippen LogP contribution is 2.18. The summed E-state index contributed by atoms with van der Waals surface area (Å²) < 4.78 is 33.5. The molecule has 0 aromatic heterocycles. The van der Waals surface area contributed by atoms with Crippen molar-refractivity contribution in [1.82, 2.24) is 10.0 Å². The van der Waals surface area contributed by atoms with Gasteiger partial charge in [0.15, 0.2) is 0 Å². The van der Waals surface area contributed by atoms with Crippen molar-refractivity contribution in [2.24, 2.45) is 0 Å². The summed E-state index contributed by atoms with van der Waals surface area (Å²) in [5.41, 5.74) is 1.74. The monoisotopic (exact) mass is 438 g/mol. The molecule has 0 heterocycles. The average molecular weight is 439 g/mol. The maximum absolute atomic E-state index is 13.1. The van der Waals surface area contributed by atoms with Crippen LogP contribution < -0.4 is 14.8 Å². The minimum Gasteiger partial charge on any atom is -0.497 e. The Hall–Kier alpha value is -3.16. The molecular formula is C24H26N2O4S. The van der Waals surface area contributed by atoms with Crippen LogP contribution in [-0.4, -0.2) is 27.5 Å². The van der Waals surface area contributed by atoms with Crippen molar-refractivity contribution in [1.29, 1.82) is 0 Å². The molecule has 3 aromatic rings. The molecule has 3 rings (SSSR count). The van der Waals surface area contributed by atoms with Crippen molar-refractivity contribution in [2.75, 3.05) is 7.11 Å². The zero-order valence-electron chi connectivity index (χ0n) is 17.5. The zero-order chi connectivity index (χ0) is 22.3. The first-order chi connectivity index (χ1) is 14.9. The molecule has 2 atom stereocenters. The molecule has 0 aliphatic heterocycles. The summed E-state index contributed by atoms with van der Waals surface area (Å²) in [4.78, 5) is 13.2. The van der Waals surface area contributed by atoms with E-state index in [1.54, 1.807) is 25.3 Å². The Kier molecular flexibility index (Phi) is 7.44. The Balaban J connectivity index is 1.80. The van der Waals surface area contributed by atoms with E-state index in [1.165, 1.54) is 12.1 Å². The van der Waals surface area contributed by atoms with Gasteiger partial charge in [-0.1, -0.05) is 60.7 Å². The minimum atomic E-state index is -3.86. The Labute approximate surface area is 183 Å². The first-order valence-electron chi connectivity index (χ1n) is 9.94. The third kappa shape index (κ3) is 6.16. The van der Waals surface area contributed by atoms with E-state index in [0.717, 1.165) is 16.9 Å². The molecule has 0 unspecified atom stereocenters. The lowest BCUT2D eigenvalue weighted by Crippen LogP contribution is -2.48. The highest BCUT2D eigenvalue weighted by atomic mass is 32.2. The van der Waals surface area contributed by atoms with Gasteiger partial charge >= 0.3 is 0 Å². The zero-order valence-corrected chi connectivity index (χ0v) is 18.3. The summed E-state index contributed by atoms with van der Waals surface area (Å²) in [7, 11) is -2.27. The van der Waals surface area contributed by atoms with Gasteiger partial charge in [-0.3, -0.25) is 4.79 Å². The Morgan fingerprint density at radius 3 is 2.06 bits per heavy atom. The lowest BCUT2D eigenvalue weighted by molar-refractivity contribution is -0.123. The van der Waals surface area contributed by atoms with Crippen LogP contribution in [0.25, 0.3) is 0 Å². The van der Waals surface area contributed by atoms with Crippen LogP contribution in [0.15, 0.2) is 89.8 Å². The van der Waals surface area contributed by atoms with Crippen LogP contribution in [0, 0.1) is 0 Å². The van der Waals surface area contributed by atoms with Gasteiger partial charge in [-0.15, -0.1) is 0 Å². The van der Waals surface area contributed by atoms with E-state index >= 15 is 0 Å². The number of amides is 1. The van der Waals surface area contributed by atoms with Crippen LogP contribution in [0.1, 0.15) is 24.1 Å². The van der Waals surface area contributed by atoms with Gasteiger partial charge in [-0.05, 0) is 48.7 Å². The Bertz CT molecular complexity index is 1090. The Morgan fingerprint density at radius 2 is 1.48 bits per heavy atom. The van der Waals surface area contributed by atoms with Crippen LogP contribution in [0.3, 0.4) is 0 Å². The molecule has 0 saturated carbocycles. The average Bonchev–Trinajstić information content (AvgIpc) is 2.79. The fourth-order valence-corrected chi connectivity index (χ4v) is 4.40. The van der Waals surface area contributed by atoms with Gasteiger partial charge in [-0.2, -0.15) is 4.72 Å². The number of sulfonamides is 1. The maximum Gasteiger partial charge on any atom is 0.241 e. The third-order valence-electron chi connectivity index (χ3n) is 4.92. The first kappa shape index (κ1) is 22.5. The van der Waals surface area contributed by atoms with Gasteiger partial charge in [-0.25, -0.2) is 8.42 Å². The highest BCUT2D eigenvalue weighted by Gasteiger charge is 2.27. The summed E-state index contributed by atoms with van der Waals surface area (Å²) in [5, 5.41) is 2.92. The van der Waals surface area contributed by atoms with Crippen LogP contribution in [-0.2, 0) is 21.2 Å². The van der Waals surface area contributed by atoms with E-state index in [-0.39, 0.29) is 17.4 Å². The van der Waals surface area contributed by atoms with Crippen LogP contribution >= 0.6 is 0 Å². The summed E-state index contributed by atoms with van der Waals surface area (Å²) >= 11 is 0. The van der Waals surface area contributed by atoms with E-state index in [0.29, 0.717) is 0 Å². The summed E-state index contributed by atoms with van der Waals surface area (Å²) in [6.45, 7) is 1.85. The molecule has 0 radical (unpaired) electrons. The minimum absolute atomic E-state index is 0.115. The van der Waals surface area contributed by atoms with E-state index in [1.807, 2.05) is 61.5 Å². The van der Waals surface area contributed by atoms with Crippen molar-refractivity contribution in [3.63, 3.8) is 0 Å². The number of hydrogen-bond donors (Lipinski definition) is 2. The molecular weight excluding hydrogens is 412 g/mol. The van der Waals surface area contributed by atoms with Gasteiger partial charge in [0.25, 0.3) is 0 Å². The van der Waals surface area contributed by atoms with Crippen molar-refractivity contribution in [2.45, 2.75) is 30.3 Å². The molecule has 0 aliphatic carbocycles. The number of methoxy groups -OCH3 is 1. The molecule has 0 aliphatic rings. The lowest BCUT2D eigenvalue weighted by atomic mass is 10.0. The number of hydrogen-bond acceptors (Lipinski definition) is 4. The van der Waals surface area contributed by atoms with Gasteiger partial charge in [0, 0.05) is 0 Å². The number of rotatable bonds is 9. The van der Waals surface area contributed by atoms with Gasteiger partial charge in [0.2, 0.25) is 15.9 Å². The standard InChI is InChI=1S/C24H26N2O4S/c1-18(20-13-15-21(30-2)16-14-20)25-24(27)23(17-19-9-5-3-6-10-19)26-31(28,29)22-11-7-4-8-12-22/h3-16,18,23,26H,17H2,1-2H3,(H,25,27)/t18-,23+/m0/s1. The van der Waals surface area contributed by atoms with E-state index in [4.69, 9.17) is 4.74 Å². The fraction of sp³-hybridized carbons (Fsp3) is 0.208. The fourth-order valence-electron chi connectivity index (χ4n) is 3.18. The molecule has 0 spiro atoms. The topological polar surface area (TPSA) is 84.5 Å². The smallest absolute Gasteiger partial charge is 0.241 e. The number of carbonyl (C=O) groups excluding carboxylic acids is 1. The van der Waals surface area contributed by atoms with Crippen LogP contribution in [0.2, 0.25) is 0 Å². The predicted octanol–water partition coefficient (Wildman–Crippen LogP) is 3.46. The van der Waals surface area contributed by atoms with Crippen molar-refractivity contribution >= 4 is 15.9 Å². The van der Waals surface area contributed by atoms with E-state index < -0.39 is 22.0 Å². The summed E-state index contributed by atoms with van der Waals surface area (Å²) in [6, 6.07) is 23.4. The molecule has 162 valence electrons. The lowest BCUT2D eigenvalue weighted by Gasteiger charge is -2.22. The second-order valence-corrected chi connectivity index (χ2v) is 8.89. The molecule has 0 saturated heterocycles. The SMILES string of the molecule is COc1ccc([C@H](C)NC(=O)[C@@H](Cc2ccccc2)NS(=O)(=O)c2ccccc2)cc1. The molecule has 2 N–H and O–H groups in total. The molecule has 3 aromatic carbocycles. The first-order valence-corrected chi connectivity index (χ1v) is 11.4. The third-order valence-corrected chi connectivity index (χ3v) is 6.41. The van der Waals surface area contributed by atoms with E-state index in [9.17, 15) is 13.2 Å². The van der Waals surface area contributed by atoms with Crippen LogP contribution in [0.5, 0.6) is 5.75 Å². The van der Waals surface area contributed by atoms with Crippen molar-refractivity contribution in [3.05, 3.63) is 96.1 Å². The number of carbonyl (C=O) groups is 1. The number of ether oxygens (including phenoxy) is 1. The molecule has 6 nitrogen and oxygen atoms in total. The van der Waals surface area contributed by atoms with Crippen molar-refractivity contribution in [3.8, 4) is 5.75 Å². The molecule has 0 fully saturated rings. The van der Waals surface area contributed by atoms with Crippen LogP contribution in [0.4, 0.5) is 0 Å². The predicted molar refractivity (Wildman–Crippen MR) is 120 cm³/mol. The molecule has 7 heteroatoms. The number of benzene rings is 3. The second-order valence-electron chi connectivity index (χ2n) is 7.18. The summed E-state index contributed by atoms with van der Waals surface area (Å²) in [5.74, 6) is 0.325. The molecule has 1 amide bonds. The second kappa shape index (κ2) is 10.2. The van der Waals surface area contributed by atoms with E-state index in [2.05, 4.69) is 10.0 Å².